The third kappa shape index (κ3) is 1.40. The van der Waals surface area contributed by atoms with Crippen molar-refractivity contribution in [2.45, 2.75) is 59.3 Å². The molecule has 2 fully saturated rings. The summed E-state index contributed by atoms with van der Waals surface area (Å²) in [6.45, 7) is 7.46. The van der Waals surface area contributed by atoms with Crippen molar-refractivity contribution in [3.63, 3.8) is 0 Å². The molecule has 0 aromatic carbocycles. The standard InChI is InChI=1S/C15H24/c1-14(2)9-11-5-4-7-15(3)8-6-13(14)12(11)10-15/h9,12-13H,4-8,10H2,1-3H3. The zero-order valence-electron chi connectivity index (χ0n) is 10.5. The predicted octanol–water partition coefficient (Wildman–Crippen LogP) is 4.56. The van der Waals surface area contributed by atoms with Gasteiger partial charge in [0.1, 0.15) is 0 Å². The Morgan fingerprint density at radius 1 is 1.20 bits per heavy atom. The van der Waals surface area contributed by atoms with Crippen LogP contribution in [0.15, 0.2) is 11.6 Å². The van der Waals surface area contributed by atoms with Gasteiger partial charge < -0.3 is 0 Å². The molecule has 0 radical (unpaired) electrons. The monoisotopic (exact) mass is 204 g/mol. The lowest BCUT2D eigenvalue weighted by Crippen LogP contribution is -2.34. The van der Waals surface area contributed by atoms with Crippen LogP contribution in [-0.4, -0.2) is 0 Å². The molecule has 0 heterocycles. The van der Waals surface area contributed by atoms with Crippen LogP contribution in [0.4, 0.5) is 0 Å². The maximum absolute atomic E-state index is 2.64. The molecular weight excluding hydrogens is 180 g/mol. The molecule has 2 bridgehead atoms. The molecule has 0 nitrogen and oxygen atoms in total. The first kappa shape index (κ1) is 9.93. The van der Waals surface area contributed by atoms with Crippen molar-refractivity contribution in [1.29, 1.82) is 0 Å². The topological polar surface area (TPSA) is 0 Å². The highest BCUT2D eigenvalue weighted by Gasteiger charge is 2.49. The molecule has 0 aromatic rings. The van der Waals surface area contributed by atoms with Crippen molar-refractivity contribution in [1.82, 2.24) is 0 Å². The smallest absolute Gasteiger partial charge is 0.0138 e. The highest BCUT2D eigenvalue weighted by molar-refractivity contribution is 5.25. The predicted molar refractivity (Wildman–Crippen MR) is 64.7 cm³/mol. The van der Waals surface area contributed by atoms with E-state index in [0.717, 1.165) is 11.8 Å². The van der Waals surface area contributed by atoms with Crippen LogP contribution < -0.4 is 0 Å². The largest absolute Gasteiger partial charge is 0.0791 e. The van der Waals surface area contributed by atoms with Gasteiger partial charge >= 0.3 is 0 Å². The lowest BCUT2D eigenvalue weighted by atomic mass is 9.62. The van der Waals surface area contributed by atoms with E-state index in [0.29, 0.717) is 10.8 Å². The summed E-state index contributed by atoms with van der Waals surface area (Å²) in [5.74, 6) is 1.93. The number of rotatable bonds is 0. The number of hydrogen-bond acceptors (Lipinski definition) is 0. The summed E-state index contributed by atoms with van der Waals surface area (Å²) >= 11 is 0. The molecule has 15 heavy (non-hydrogen) atoms. The van der Waals surface area contributed by atoms with Crippen LogP contribution in [0.2, 0.25) is 0 Å². The second kappa shape index (κ2) is 2.90. The van der Waals surface area contributed by atoms with Crippen molar-refractivity contribution in [3.8, 4) is 0 Å². The van der Waals surface area contributed by atoms with Crippen molar-refractivity contribution >= 4 is 0 Å². The van der Waals surface area contributed by atoms with E-state index < -0.39 is 0 Å². The van der Waals surface area contributed by atoms with E-state index in [4.69, 9.17) is 0 Å². The van der Waals surface area contributed by atoms with Gasteiger partial charge in [-0.3, -0.25) is 0 Å². The van der Waals surface area contributed by atoms with Crippen molar-refractivity contribution in [2.75, 3.05) is 0 Å². The van der Waals surface area contributed by atoms with Gasteiger partial charge in [-0.05, 0) is 61.2 Å². The molecule has 3 unspecified atom stereocenters. The summed E-state index contributed by atoms with van der Waals surface area (Å²) in [5, 5.41) is 0. The van der Waals surface area contributed by atoms with Gasteiger partial charge in [0.25, 0.3) is 0 Å². The van der Waals surface area contributed by atoms with Gasteiger partial charge in [0, 0.05) is 0 Å². The molecule has 0 aromatic heterocycles. The summed E-state index contributed by atoms with van der Waals surface area (Å²) in [4.78, 5) is 0. The van der Waals surface area contributed by atoms with E-state index >= 15 is 0 Å². The van der Waals surface area contributed by atoms with Gasteiger partial charge in [-0.1, -0.05) is 32.4 Å². The molecule has 3 aliphatic rings. The average molecular weight is 204 g/mol. The zero-order valence-corrected chi connectivity index (χ0v) is 10.5. The lowest BCUT2D eigenvalue weighted by Gasteiger charge is -2.43. The van der Waals surface area contributed by atoms with Crippen LogP contribution in [-0.2, 0) is 0 Å². The zero-order chi connectivity index (χ0) is 10.7. The first-order chi connectivity index (χ1) is 7.00. The highest BCUT2D eigenvalue weighted by Crippen LogP contribution is 2.59. The molecule has 84 valence electrons. The maximum atomic E-state index is 2.64. The van der Waals surface area contributed by atoms with Crippen LogP contribution >= 0.6 is 0 Å². The Morgan fingerprint density at radius 2 is 2.00 bits per heavy atom. The first-order valence-corrected chi connectivity index (χ1v) is 6.72. The van der Waals surface area contributed by atoms with Gasteiger partial charge in [-0.2, -0.15) is 0 Å². The normalized spacial score (nSPS) is 47.3. The summed E-state index contributed by atoms with van der Waals surface area (Å²) in [6, 6.07) is 0. The van der Waals surface area contributed by atoms with Crippen molar-refractivity contribution < 1.29 is 0 Å². The molecule has 3 atom stereocenters. The average Bonchev–Trinajstić information content (AvgIpc) is 2.31. The van der Waals surface area contributed by atoms with Gasteiger partial charge in [-0.15, -0.1) is 0 Å². The fraction of sp³-hybridized carbons (Fsp3) is 0.867. The van der Waals surface area contributed by atoms with Gasteiger partial charge in [0.05, 0.1) is 0 Å². The molecular formula is C15H24. The Morgan fingerprint density at radius 3 is 2.80 bits per heavy atom. The minimum Gasteiger partial charge on any atom is -0.0791 e. The summed E-state index contributed by atoms with van der Waals surface area (Å²) in [6.07, 6.45) is 11.4. The Balaban J connectivity index is 1.99. The fourth-order valence-electron chi connectivity index (χ4n) is 4.66. The minimum atomic E-state index is 0.499. The van der Waals surface area contributed by atoms with Gasteiger partial charge in [-0.25, -0.2) is 0 Å². The Bertz CT molecular complexity index is 310. The number of hydrogen-bond donors (Lipinski definition) is 0. The van der Waals surface area contributed by atoms with Gasteiger partial charge in [0.15, 0.2) is 0 Å². The van der Waals surface area contributed by atoms with Crippen molar-refractivity contribution in [2.24, 2.45) is 22.7 Å². The minimum absolute atomic E-state index is 0.499. The quantitative estimate of drug-likeness (QED) is 0.507. The first-order valence-electron chi connectivity index (χ1n) is 6.72. The second-order valence-electron chi connectivity index (χ2n) is 7.16. The molecule has 0 heteroatoms. The molecule has 0 aliphatic heterocycles. The summed E-state index contributed by atoms with van der Waals surface area (Å²) in [7, 11) is 0. The van der Waals surface area contributed by atoms with Crippen LogP contribution in [0.1, 0.15) is 59.3 Å². The number of fused-ring (bicyclic) bond motifs is 1. The summed E-state index contributed by atoms with van der Waals surface area (Å²) < 4.78 is 0. The van der Waals surface area contributed by atoms with Crippen LogP contribution in [0.25, 0.3) is 0 Å². The van der Waals surface area contributed by atoms with Crippen LogP contribution in [0, 0.1) is 22.7 Å². The molecule has 3 aliphatic carbocycles. The molecule has 0 N–H and O–H groups in total. The Kier molecular flexibility index (Phi) is 1.92. The SMILES string of the molecule is CC12CCCC3=CC(C)(C)C(CC1)C3C2. The fourth-order valence-corrected chi connectivity index (χ4v) is 4.66. The molecule has 0 saturated heterocycles. The van der Waals surface area contributed by atoms with Crippen LogP contribution in [0.3, 0.4) is 0 Å². The van der Waals surface area contributed by atoms with E-state index in [9.17, 15) is 0 Å². The van der Waals surface area contributed by atoms with E-state index in [1.807, 2.05) is 5.57 Å². The third-order valence-corrected chi connectivity index (χ3v) is 5.49. The van der Waals surface area contributed by atoms with E-state index in [1.165, 1.54) is 38.5 Å². The number of allylic oxidation sites excluding steroid dienone is 2. The highest BCUT2D eigenvalue weighted by atomic mass is 14.5. The Hall–Kier alpha value is -0.260. The molecule has 0 amide bonds. The molecule has 2 saturated carbocycles. The Labute approximate surface area is 94.1 Å². The maximum Gasteiger partial charge on any atom is -0.0138 e. The van der Waals surface area contributed by atoms with E-state index in [1.54, 1.807) is 0 Å². The van der Waals surface area contributed by atoms with E-state index in [-0.39, 0.29) is 0 Å². The van der Waals surface area contributed by atoms with Crippen molar-refractivity contribution in [3.05, 3.63) is 11.6 Å². The molecule has 3 rings (SSSR count). The van der Waals surface area contributed by atoms with E-state index in [2.05, 4.69) is 26.8 Å². The lowest BCUT2D eigenvalue weighted by molar-refractivity contribution is 0.0857. The third-order valence-electron chi connectivity index (χ3n) is 5.49. The summed E-state index contributed by atoms with van der Waals surface area (Å²) in [5.41, 5.74) is 3.02. The van der Waals surface area contributed by atoms with Gasteiger partial charge in [0.2, 0.25) is 0 Å². The van der Waals surface area contributed by atoms with Crippen LogP contribution in [0.5, 0.6) is 0 Å². The second-order valence-corrected chi connectivity index (χ2v) is 7.16. The molecule has 0 spiro atoms.